The first-order chi connectivity index (χ1) is 16.8. The molecule has 2 aromatic carbocycles. The van der Waals surface area contributed by atoms with Gasteiger partial charge in [-0.05, 0) is 56.9 Å². The van der Waals surface area contributed by atoms with E-state index in [0.717, 1.165) is 12.8 Å². The lowest BCUT2D eigenvalue weighted by Crippen LogP contribution is -2.35. The van der Waals surface area contributed by atoms with E-state index in [1.54, 1.807) is 49.6 Å². The van der Waals surface area contributed by atoms with Crippen molar-refractivity contribution < 1.29 is 28.9 Å². The monoisotopic (exact) mass is 482 g/mol. The van der Waals surface area contributed by atoms with E-state index in [1.165, 1.54) is 12.0 Å². The Labute approximate surface area is 206 Å². The molecule has 3 rings (SSSR count). The topological polar surface area (TPSA) is 88.5 Å². The second kappa shape index (κ2) is 11.8. The highest BCUT2D eigenvalue weighted by Crippen LogP contribution is 2.43. The molecule has 1 unspecified atom stereocenters. The SMILES string of the molecule is CCCCOc1ccc(/C(O)=C2/C(=O)C(=O)N(CCN(C)C)C2c2ccc(OC)cc2OC)cc1. The van der Waals surface area contributed by atoms with Crippen molar-refractivity contribution in [2.45, 2.75) is 25.8 Å². The number of hydrogen-bond acceptors (Lipinski definition) is 7. The number of carbonyl (C=O) groups excluding carboxylic acids is 2. The Morgan fingerprint density at radius 3 is 2.31 bits per heavy atom. The highest BCUT2D eigenvalue weighted by Gasteiger charge is 2.47. The maximum atomic E-state index is 13.2. The highest BCUT2D eigenvalue weighted by atomic mass is 16.5. The number of methoxy groups -OCH3 is 2. The largest absolute Gasteiger partial charge is 0.507 e. The number of aliphatic hydroxyl groups excluding tert-OH is 1. The van der Waals surface area contributed by atoms with Gasteiger partial charge in [-0.1, -0.05) is 13.3 Å². The Hall–Kier alpha value is -3.52. The van der Waals surface area contributed by atoms with Crippen LogP contribution in [0, 0.1) is 0 Å². The van der Waals surface area contributed by atoms with E-state index in [2.05, 4.69) is 6.92 Å². The molecule has 0 aliphatic carbocycles. The number of carbonyl (C=O) groups is 2. The fraction of sp³-hybridized carbons (Fsp3) is 0.407. The zero-order valence-corrected chi connectivity index (χ0v) is 21.0. The first-order valence-corrected chi connectivity index (χ1v) is 11.7. The number of ketones is 1. The van der Waals surface area contributed by atoms with Gasteiger partial charge in [-0.15, -0.1) is 0 Å². The number of nitrogens with zero attached hydrogens (tertiary/aromatic N) is 2. The van der Waals surface area contributed by atoms with Gasteiger partial charge in [0.05, 0.1) is 32.4 Å². The van der Waals surface area contributed by atoms with Crippen LogP contribution in [-0.4, -0.2) is 74.6 Å². The van der Waals surface area contributed by atoms with Crippen LogP contribution >= 0.6 is 0 Å². The number of ether oxygens (including phenoxy) is 3. The Morgan fingerprint density at radius 2 is 1.71 bits per heavy atom. The average Bonchev–Trinajstić information content (AvgIpc) is 3.11. The van der Waals surface area contributed by atoms with Crippen molar-refractivity contribution in [3.05, 3.63) is 59.2 Å². The number of Topliss-reactive ketones (excluding diaryl/α,β-unsaturated/α-hetero) is 1. The van der Waals surface area contributed by atoms with Gasteiger partial charge in [-0.25, -0.2) is 0 Å². The van der Waals surface area contributed by atoms with Crippen LogP contribution in [0.4, 0.5) is 0 Å². The van der Waals surface area contributed by atoms with Crippen LogP contribution in [0.15, 0.2) is 48.0 Å². The normalized spacial score (nSPS) is 17.2. The number of rotatable bonds is 11. The van der Waals surface area contributed by atoms with Gasteiger partial charge in [-0.3, -0.25) is 9.59 Å². The second-order valence-corrected chi connectivity index (χ2v) is 8.63. The summed E-state index contributed by atoms with van der Waals surface area (Å²) in [6, 6.07) is 11.3. The summed E-state index contributed by atoms with van der Waals surface area (Å²) in [7, 11) is 6.85. The number of likely N-dealkylation sites (N-methyl/N-ethyl adjacent to an activating group) is 1. The molecule has 8 heteroatoms. The highest BCUT2D eigenvalue weighted by molar-refractivity contribution is 6.46. The maximum absolute atomic E-state index is 13.2. The molecule has 35 heavy (non-hydrogen) atoms. The minimum absolute atomic E-state index is 0.0249. The number of unbranched alkanes of at least 4 members (excludes halogenated alkanes) is 1. The van der Waals surface area contributed by atoms with Gasteiger partial charge in [0.25, 0.3) is 11.7 Å². The third-order valence-corrected chi connectivity index (χ3v) is 5.96. The first kappa shape index (κ1) is 26.1. The van der Waals surface area contributed by atoms with E-state index in [9.17, 15) is 14.7 Å². The minimum Gasteiger partial charge on any atom is -0.507 e. The summed E-state index contributed by atoms with van der Waals surface area (Å²) in [4.78, 5) is 29.7. The first-order valence-electron chi connectivity index (χ1n) is 11.7. The van der Waals surface area contributed by atoms with Crippen LogP contribution in [-0.2, 0) is 9.59 Å². The van der Waals surface area contributed by atoms with Gasteiger partial charge in [0.15, 0.2) is 0 Å². The van der Waals surface area contributed by atoms with Crippen LogP contribution in [0.2, 0.25) is 0 Å². The summed E-state index contributed by atoms with van der Waals surface area (Å²) >= 11 is 0. The molecule has 1 N–H and O–H groups in total. The van der Waals surface area contributed by atoms with Crippen molar-refractivity contribution in [1.82, 2.24) is 9.80 Å². The van der Waals surface area contributed by atoms with Gasteiger partial charge in [-0.2, -0.15) is 0 Å². The van der Waals surface area contributed by atoms with E-state index in [1.807, 2.05) is 19.0 Å². The zero-order chi connectivity index (χ0) is 25.5. The van der Waals surface area contributed by atoms with Crippen molar-refractivity contribution in [2.24, 2.45) is 0 Å². The molecule has 188 valence electrons. The molecule has 1 heterocycles. The van der Waals surface area contributed by atoms with Gasteiger partial charge < -0.3 is 29.1 Å². The number of hydrogen-bond donors (Lipinski definition) is 1. The lowest BCUT2D eigenvalue weighted by molar-refractivity contribution is -0.140. The molecule has 1 aliphatic rings. The van der Waals surface area contributed by atoms with E-state index < -0.39 is 17.7 Å². The summed E-state index contributed by atoms with van der Waals surface area (Å²) in [5, 5.41) is 11.3. The number of benzene rings is 2. The third-order valence-electron chi connectivity index (χ3n) is 5.96. The summed E-state index contributed by atoms with van der Waals surface area (Å²) in [6.07, 6.45) is 1.98. The summed E-state index contributed by atoms with van der Waals surface area (Å²) in [5.41, 5.74) is 1.04. The molecule has 0 spiro atoms. The number of amides is 1. The predicted molar refractivity (Wildman–Crippen MR) is 134 cm³/mol. The molecule has 1 fully saturated rings. The molecule has 1 atom stereocenters. The minimum atomic E-state index is -0.809. The predicted octanol–water partition coefficient (Wildman–Crippen LogP) is 3.87. The molecule has 1 saturated heterocycles. The van der Waals surface area contributed by atoms with Crippen molar-refractivity contribution >= 4 is 17.4 Å². The Kier molecular flexibility index (Phi) is 8.76. The molecule has 8 nitrogen and oxygen atoms in total. The Morgan fingerprint density at radius 1 is 1.03 bits per heavy atom. The van der Waals surface area contributed by atoms with Crippen molar-refractivity contribution in [2.75, 3.05) is 48.0 Å². The fourth-order valence-electron chi connectivity index (χ4n) is 3.98. The molecular formula is C27H34N2O6. The van der Waals surface area contributed by atoms with E-state index in [0.29, 0.717) is 48.1 Å². The fourth-order valence-corrected chi connectivity index (χ4v) is 3.98. The molecule has 0 saturated carbocycles. The van der Waals surface area contributed by atoms with Gasteiger partial charge in [0, 0.05) is 30.3 Å². The third kappa shape index (κ3) is 5.77. The van der Waals surface area contributed by atoms with Crippen LogP contribution in [0.25, 0.3) is 5.76 Å². The Bertz CT molecular complexity index is 1080. The average molecular weight is 483 g/mol. The molecule has 0 radical (unpaired) electrons. The van der Waals surface area contributed by atoms with Crippen LogP contribution < -0.4 is 14.2 Å². The number of aliphatic hydroxyl groups is 1. The molecule has 2 aromatic rings. The van der Waals surface area contributed by atoms with Gasteiger partial charge in [0.1, 0.15) is 23.0 Å². The Balaban J connectivity index is 2.09. The van der Waals surface area contributed by atoms with E-state index in [4.69, 9.17) is 14.2 Å². The lowest BCUT2D eigenvalue weighted by atomic mass is 9.94. The van der Waals surface area contributed by atoms with Gasteiger partial charge in [0.2, 0.25) is 0 Å². The number of likely N-dealkylation sites (tertiary alicyclic amines) is 1. The molecular weight excluding hydrogens is 448 g/mol. The smallest absolute Gasteiger partial charge is 0.295 e. The summed E-state index contributed by atoms with van der Waals surface area (Å²) in [6.45, 7) is 3.55. The van der Waals surface area contributed by atoms with Crippen molar-refractivity contribution in [3.63, 3.8) is 0 Å². The summed E-state index contributed by atoms with van der Waals surface area (Å²) in [5.74, 6) is 0.0860. The van der Waals surface area contributed by atoms with Crippen LogP contribution in [0.3, 0.4) is 0 Å². The second-order valence-electron chi connectivity index (χ2n) is 8.63. The summed E-state index contributed by atoms with van der Waals surface area (Å²) < 4.78 is 16.6. The van der Waals surface area contributed by atoms with Crippen LogP contribution in [0.5, 0.6) is 17.2 Å². The standard InChI is InChI=1S/C27H34N2O6/c1-6-7-16-35-19-10-8-18(9-11-19)25(30)23-24(21-13-12-20(33-4)17-22(21)34-5)29(15-14-28(2)3)27(32)26(23)31/h8-13,17,24,30H,6-7,14-16H2,1-5H3/b25-23-. The van der Waals surface area contributed by atoms with Gasteiger partial charge >= 0.3 is 0 Å². The lowest BCUT2D eigenvalue weighted by Gasteiger charge is -2.27. The van der Waals surface area contributed by atoms with Crippen LogP contribution in [0.1, 0.15) is 36.9 Å². The van der Waals surface area contributed by atoms with E-state index >= 15 is 0 Å². The van der Waals surface area contributed by atoms with Crippen molar-refractivity contribution in [1.29, 1.82) is 0 Å². The molecule has 1 aliphatic heterocycles. The molecule has 0 aromatic heterocycles. The quantitative estimate of drug-likeness (QED) is 0.225. The van der Waals surface area contributed by atoms with Crippen molar-refractivity contribution in [3.8, 4) is 17.2 Å². The molecule has 1 amide bonds. The zero-order valence-electron chi connectivity index (χ0n) is 21.0. The van der Waals surface area contributed by atoms with E-state index in [-0.39, 0.29) is 11.3 Å². The molecule has 0 bridgehead atoms. The maximum Gasteiger partial charge on any atom is 0.295 e.